The van der Waals surface area contributed by atoms with Gasteiger partial charge in [0.2, 0.25) is 5.75 Å². The molecule has 24 heavy (non-hydrogen) atoms. The summed E-state index contributed by atoms with van der Waals surface area (Å²) in [7, 11) is 4.57. The van der Waals surface area contributed by atoms with Gasteiger partial charge in [-0.3, -0.25) is 4.90 Å². The van der Waals surface area contributed by atoms with Crippen molar-refractivity contribution in [1.29, 1.82) is 0 Å². The molecule has 1 aliphatic rings. The maximum Gasteiger partial charge on any atom is 0.338 e. The van der Waals surface area contributed by atoms with Crippen LogP contribution in [0.3, 0.4) is 0 Å². The normalized spacial score (nSPS) is 16.3. The third-order valence-corrected chi connectivity index (χ3v) is 4.17. The first-order chi connectivity index (χ1) is 11.6. The van der Waals surface area contributed by atoms with Crippen LogP contribution in [0.5, 0.6) is 17.2 Å². The predicted octanol–water partition coefficient (Wildman–Crippen LogP) is 2.74. The van der Waals surface area contributed by atoms with Gasteiger partial charge in [0.25, 0.3) is 0 Å². The molecule has 0 unspecified atom stereocenters. The van der Waals surface area contributed by atoms with Crippen LogP contribution in [0.2, 0.25) is 0 Å². The van der Waals surface area contributed by atoms with Gasteiger partial charge in [-0.2, -0.15) is 0 Å². The Morgan fingerprint density at radius 3 is 2.12 bits per heavy atom. The van der Waals surface area contributed by atoms with Crippen LogP contribution in [0.25, 0.3) is 0 Å². The fourth-order valence-corrected chi connectivity index (χ4v) is 2.99. The van der Waals surface area contributed by atoms with Crippen LogP contribution in [0.15, 0.2) is 12.1 Å². The van der Waals surface area contributed by atoms with E-state index in [1.165, 1.54) is 40.6 Å². The van der Waals surface area contributed by atoms with Crippen LogP contribution in [0, 0.1) is 0 Å². The summed E-state index contributed by atoms with van der Waals surface area (Å²) in [6, 6.07) is 3.22. The Morgan fingerprint density at radius 1 is 1.04 bits per heavy atom. The quantitative estimate of drug-likeness (QED) is 0.713. The molecule has 1 aromatic carbocycles. The lowest BCUT2D eigenvalue weighted by Crippen LogP contribution is -2.37. The predicted molar refractivity (Wildman–Crippen MR) is 91.3 cm³/mol. The van der Waals surface area contributed by atoms with Crippen molar-refractivity contribution in [2.24, 2.45) is 0 Å². The van der Waals surface area contributed by atoms with Gasteiger partial charge in [0.15, 0.2) is 11.5 Å². The van der Waals surface area contributed by atoms with Crippen LogP contribution in [-0.4, -0.2) is 57.9 Å². The van der Waals surface area contributed by atoms with E-state index in [2.05, 4.69) is 4.90 Å². The van der Waals surface area contributed by atoms with Crippen LogP contribution in [0.1, 0.15) is 36.5 Å². The fourth-order valence-electron chi connectivity index (χ4n) is 2.99. The summed E-state index contributed by atoms with van der Waals surface area (Å²) in [5.74, 6) is 0.941. The van der Waals surface area contributed by atoms with Crippen LogP contribution < -0.4 is 14.2 Å². The van der Waals surface area contributed by atoms with Gasteiger partial charge >= 0.3 is 5.97 Å². The molecule has 1 aliphatic heterocycles. The number of carbonyl (C=O) groups excluding carboxylic acids is 1. The molecule has 1 fully saturated rings. The largest absolute Gasteiger partial charge is 0.493 e. The Kier molecular flexibility index (Phi) is 6.73. The van der Waals surface area contributed by atoms with E-state index in [0.29, 0.717) is 22.8 Å². The smallest absolute Gasteiger partial charge is 0.338 e. The van der Waals surface area contributed by atoms with Gasteiger partial charge in [0.05, 0.1) is 26.9 Å². The van der Waals surface area contributed by atoms with Gasteiger partial charge < -0.3 is 18.9 Å². The zero-order valence-electron chi connectivity index (χ0n) is 15.0. The van der Waals surface area contributed by atoms with Gasteiger partial charge in [0.1, 0.15) is 6.10 Å². The van der Waals surface area contributed by atoms with Crippen molar-refractivity contribution in [3.63, 3.8) is 0 Å². The minimum atomic E-state index is -0.390. The Hall–Kier alpha value is -1.95. The highest BCUT2D eigenvalue weighted by atomic mass is 16.5. The zero-order chi connectivity index (χ0) is 17.5. The molecule has 0 aromatic heterocycles. The Morgan fingerprint density at radius 2 is 1.62 bits per heavy atom. The van der Waals surface area contributed by atoms with Crippen molar-refractivity contribution in [1.82, 2.24) is 4.90 Å². The van der Waals surface area contributed by atoms with Gasteiger partial charge in [-0.25, -0.2) is 4.79 Å². The molecular formula is C18H27NO5. The average molecular weight is 337 g/mol. The highest BCUT2D eigenvalue weighted by molar-refractivity contribution is 5.91. The molecule has 0 saturated carbocycles. The number of piperidine rings is 1. The molecule has 6 heteroatoms. The van der Waals surface area contributed by atoms with E-state index < -0.39 is 5.97 Å². The highest BCUT2D eigenvalue weighted by Crippen LogP contribution is 2.38. The second kappa shape index (κ2) is 8.78. The van der Waals surface area contributed by atoms with E-state index in [-0.39, 0.29) is 6.10 Å². The lowest BCUT2D eigenvalue weighted by atomic mass is 10.1. The lowest BCUT2D eigenvalue weighted by molar-refractivity contribution is 0.0235. The van der Waals surface area contributed by atoms with Crippen molar-refractivity contribution in [3.8, 4) is 17.2 Å². The minimum absolute atomic E-state index is 0.172. The summed E-state index contributed by atoms with van der Waals surface area (Å²) in [6.45, 7) is 4.83. The number of benzene rings is 1. The van der Waals surface area contributed by atoms with Gasteiger partial charge in [-0.05, 0) is 45.0 Å². The first kappa shape index (κ1) is 18.4. The summed E-state index contributed by atoms with van der Waals surface area (Å²) in [5.41, 5.74) is 0.384. The first-order valence-electron chi connectivity index (χ1n) is 8.32. The monoisotopic (exact) mass is 337 g/mol. The number of likely N-dealkylation sites (tertiary alicyclic amines) is 1. The molecule has 0 spiro atoms. The number of esters is 1. The molecule has 0 aliphatic carbocycles. The van der Waals surface area contributed by atoms with Crippen LogP contribution in [0.4, 0.5) is 0 Å². The third kappa shape index (κ3) is 4.54. The van der Waals surface area contributed by atoms with E-state index in [1.54, 1.807) is 12.1 Å². The summed E-state index contributed by atoms with van der Waals surface area (Å²) < 4.78 is 21.4. The molecule has 1 heterocycles. The maximum absolute atomic E-state index is 12.4. The number of rotatable bonds is 7. The highest BCUT2D eigenvalue weighted by Gasteiger charge is 2.21. The minimum Gasteiger partial charge on any atom is -0.493 e. The van der Waals surface area contributed by atoms with Crippen molar-refractivity contribution in [2.75, 3.05) is 41.0 Å². The second-order valence-electron chi connectivity index (χ2n) is 5.99. The molecule has 6 nitrogen and oxygen atoms in total. The van der Waals surface area contributed by atoms with E-state index in [0.717, 1.165) is 19.6 Å². The van der Waals surface area contributed by atoms with Crippen LogP contribution >= 0.6 is 0 Å². The molecule has 0 N–H and O–H groups in total. The number of ether oxygens (including phenoxy) is 4. The van der Waals surface area contributed by atoms with Gasteiger partial charge in [-0.1, -0.05) is 6.42 Å². The van der Waals surface area contributed by atoms with Crippen molar-refractivity contribution >= 4 is 5.97 Å². The molecule has 1 aromatic rings. The molecule has 1 atom stereocenters. The lowest BCUT2D eigenvalue weighted by Gasteiger charge is -2.28. The summed E-state index contributed by atoms with van der Waals surface area (Å²) >= 11 is 0. The SMILES string of the molecule is COc1cc(C(=O)O[C@H](C)CN2CCCCC2)cc(OC)c1OC. The van der Waals surface area contributed by atoms with E-state index in [4.69, 9.17) is 18.9 Å². The third-order valence-electron chi connectivity index (χ3n) is 4.17. The van der Waals surface area contributed by atoms with Crippen LogP contribution in [-0.2, 0) is 4.74 Å². The fraction of sp³-hybridized carbons (Fsp3) is 0.611. The van der Waals surface area contributed by atoms with Crippen molar-refractivity contribution in [2.45, 2.75) is 32.3 Å². The molecule has 1 saturated heterocycles. The molecule has 2 rings (SSSR count). The summed E-state index contributed by atoms with van der Waals surface area (Å²) in [4.78, 5) is 14.8. The van der Waals surface area contributed by atoms with Crippen molar-refractivity contribution < 1.29 is 23.7 Å². The number of carbonyl (C=O) groups is 1. The molecule has 0 bridgehead atoms. The maximum atomic E-state index is 12.4. The average Bonchev–Trinajstić information content (AvgIpc) is 2.60. The molecule has 134 valence electrons. The number of hydrogen-bond acceptors (Lipinski definition) is 6. The number of hydrogen-bond donors (Lipinski definition) is 0. The molecular weight excluding hydrogens is 310 g/mol. The number of methoxy groups -OCH3 is 3. The van der Waals surface area contributed by atoms with Gasteiger partial charge in [-0.15, -0.1) is 0 Å². The number of nitrogens with zero attached hydrogens (tertiary/aromatic N) is 1. The Labute approximate surface area is 143 Å². The van der Waals surface area contributed by atoms with E-state index >= 15 is 0 Å². The van der Waals surface area contributed by atoms with E-state index in [9.17, 15) is 4.79 Å². The summed E-state index contributed by atoms with van der Waals surface area (Å²) in [5, 5.41) is 0. The Balaban J connectivity index is 2.05. The molecule has 0 amide bonds. The zero-order valence-corrected chi connectivity index (χ0v) is 15.0. The summed E-state index contributed by atoms with van der Waals surface area (Å²) in [6.07, 6.45) is 3.55. The van der Waals surface area contributed by atoms with Crippen molar-refractivity contribution in [3.05, 3.63) is 17.7 Å². The standard InChI is InChI=1S/C18H27NO5/c1-13(12-19-8-6-5-7-9-19)24-18(20)14-10-15(21-2)17(23-4)16(11-14)22-3/h10-11,13H,5-9,12H2,1-4H3/t13-/m1/s1. The Bertz CT molecular complexity index is 529. The van der Waals surface area contributed by atoms with E-state index in [1.807, 2.05) is 6.92 Å². The topological polar surface area (TPSA) is 57.2 Å². The molecule has 0 radical (unpaired) electrons. The first-order valence-corrected chi connectivity index (χ1v) is 8.32. The van der Waals surface area contributed by atoms with Gasteiger partial charge in [0, 0.05) is 6.54 Å². The second-order valence-corrected chi connectivity index (χ2v) is 5.99.